The number of carbonyl (C=O) groups is 3. The summed E-state index contributed by atoms with van der Waals surface area (Å²) in [6, 6.07) is 12.3. The van der Waals surface area contributed by atoms with Crippen LogP contribution in [0.3, 0.4) is 0 Å². The number of hydrogen-bond acceptors (Lipinski definition) is 6. The second-order valence-corrected chi connectivity index (χ2v) is 6.39. The van der Waals surface area contributed by atoms with Crippen LogP contribution in [0.2, 0.25) is 0 Å². The third-order valence-corrected chi connectivity index (χ3v) is 4.32. The van der Waals surface area contributed by atoms with Crippen LogP contribution in [0.1, 0.15) is 13.8 Å². The highest BCUT2D eigenvalue weighted by Crippen LogP contribution is 2.20. The Bertz CT molecular complexity index is 969. The van der Waals surface area contributed by atoms with Crippen LogP contribution >= 0.6 is 0 Å². The van der Waals surface area contributed by atoms with Crippen molar-refractivity contribution >= 4 is 28.7 Å². The first-order valence-corrected chi connectivity index (χ1v) is 9.23. The lowest BCUT2D eigenvalue weighted by Gasteiger charge is -2.26. The molecule has 2 amide bonds. The van der Waals surface area contributed by atoms with E-state index in [1.165, 1.54) is 0 Å². The van der Waals surface area contributed by atoms with E-state index in [-0.39, 0.29) is 31.1 Å². The molecule has 1 heterocycles. The highest BCUT2D eigenvalue weighted by molar-refractivity contribution is 5.94. The van der Waals surface area contributed by atoms with Crippen molar-refractivity contribution in [3.05, 3.63) is 53.7 Å². The fraction of sp³-hybridized carbons (Fsp3) is 0.286. The van der Waals surface area contributed by atoms with Crippen molar-refractivity contribution in [3.63, 3.8) is 0 Å². The molecule has 8 nitrogen and oxygen atoms in total. The maximum absolute atomic E-state index is 12.2. The van der Waals surface area contributed by atoms with Crippen LogP contribution in [0.5, 0.6) is 5.75 Å². The molecule has 8 heteroatoms. The molecule has 0 saturated carbocycles. The predicted octanol–water partition coefficient (Wildman–Crippen LogP) is 2.28. The first-order chi connectivity index (χ1) is 14.0. The monoisotopic (exact) mass is 398 g/mol. The molecule has 2 aromatic rings. The zero-order valence-corrected chi connectivity index (χ0v) is 16.2. The minimum Gasteiger partial charge on any atom is -0.482 e. The molecule has 0 bridgehead atoms. The normalized spacial score (nSPS) is 16.1. The fourth-order valence-corrected chi connectivity index (χ4v) is 2.99. The van der Waals surface area contributed by atoms with Crippen LogP contribution in [-0.4, -0.2) is 43.8 Å². The first-order valence-electron chi connectivity index (χ1n) is 9.23. The first kappa shape index (κ1) is 20.2. The van der Waals surface area contributed by atoms with Crippen LogP contribution < -0.4 is 15.4 Å². The Morgan fingerprint density at radius 1 is 1.07 bits per heavy atom. The van der Waals surface area contributed by atoms with Gasteiger partial charge in [-0.1, -0.05) is 30.3 Å². The largest absolute Gasteiger partial charge is 0.482 e. The number of amides is 2. The van der Waals surface area contributed by atoms with Gasteiger partial charge in [0, 0.05) is 0 Å². The topological polar surface area (TPSA) is 103 Å². The average Bonchev–Trinajstić information content (AvgIpc) is 2.70. The third-order valence-electron chi connectivity index (χ3n) is 4.32. The standard InChI is InChI=1S/C21H22N2O6/c1-3-27-20(25)19-13(2)22-21(26)23-17(19)11-29-18(24)12-28-16-9-8-14-6-4-5-7-15(14)10-16/h4-10,13H,3,11-12H2,1-2H3,(H2,22,23,26)/t13-/m1/s1. The van der Waals surface area contributed by atoms with Gasteiger partial charge < -0.3 is 24.8 Å². The third kappa shape index (κ3) is 5.04. The average molecular weight is 398 g/mol. The van der Waals surface area contributed by atoms with Crippen molar-refractivity contribution in [2.45, 2.75) is 19.9 Å². The van der Waals surface area contributed by atoms with Crippen LogP contribution in [0.15, 0.2) is 53.7 Å². The van der Waals surface area contributed by atoms with Crippen molar-refractivity contribution in [2.75, 3.05) is 19.8 Å². The summed E-state index contributed by atoms with van der Waals surface area (Å²) in [6.45, 7) is 2.95. The molecule has 0 unspecified atom stereocenters. The van der Waals surface area contributed by atoms with E-state index in [1.54, 1.807) is 19.9 Å². The zero-order valence-electron chi connectivity index (χ0n) is 16.2. The molecule has 29 heavy (non-hydrogen) atoms. The summed E-state index contributed by atoms with van der Waals surface area (Å²) in [4.78, 5) is 35.9. The molecule has 1 aliphatic rings. The van der Waals surface area contributed by atoms with E-state index in [4.69, 9.17) is 14.2 Å². The molecular weight excluding hydrogens is 376 g/mol. The van der Waals surface area contributed by atoms with Gasteiger partial charge in [0.25, 0.3) is 0 Å². The molecular formula is C21H22N2O6. The van der Waals surface area contributed by atoms with Crippen LogP contribution in [-0.2, 0) is 19.1 Å². The van der Waals surface area contributed by atoms with Crippen molar-refractivity contribution in [3.8, 4) is 5.75 Å². The quantitative estimate of drug-likeness (QED) is 0.694. The molecule has 2 N–H and O–H groups in total. The lowest BCUT2D eigenvalue weighted by molar-refractivity contribution is -0.145. The van der Waals surface area contributed by atoms with Crippen LogP contribution in [0.4, 0.5) is 4.79 Å². The maximum atomic E-state index is 12.2. The Kier molecular flexibility index (Phi) is 6.33. The Hall–Kier alpha value is -3.55. The number of esters is 2. The van der Waals surface area contributed by atoms with E-state index in [0.29, 0.717) is 5.75 Å². The summed E-state index contributed by atoms with van der Waals surface area (Å²) < 4.78 is 15.7. The van der Waals surface area contributed by atoms with Gasteiger partial charge >= 0.3 is 18.0 Å². The lowest BCUT2D eigenvalue weighted by atomic mass is 10.0. The molecule has 0 aromatic heterocycles. The van der Waals surface area contributed by atoms with Gasteiger partial charge in [-0.05, 0) is 36.8 Å². The van der Waals surface area contributed by atoms with E-state index in [9.17, 15) is 14.4 Å². The van der Waals surface area contributed by atoms with Gasteiger partial charge in [-0.25, -0.2) is 14.4 Å². The number of benzene rings is 2. The number of ether oxygens (including phenoxy) is 3. The summed E-state index contributed by atoms with van der Waals surface area (Å²) in [5, 5.41) is 7.13. The predicted molar refractivity (Wildman–Crippen MR) is 105 cm³/mol. The minimum atomic E-state index is -0.630. The van der Waals surface area contributed by atoms with Gasteiger partial charge in [-0.15, -0.1) is 0 Å². The molecule has 0 spiro atoms. The summed E-state index contributed by atoms with van der Waals surface area (Å²) in [5.41, 5.74) is 0.411. The van der Waals surface area contributed by atoms with Gasteiger partial charge in [0.1, 0.15) is 12.4 Å². The lowest BCUT2D eigenvalue weighted by Crippen LogP contribution is -2.50. The summed E-state index contributed by atoms with van der Waals surface area (Å²) in [7, 11) is 0. The molecule has 0 fully saturated rings. The highest BCUT2D eigenvalue weighted by atomic mass is 16.6. The Morgan fingerprint density at radius 3 is 2.59 bits per heavy atom. The van der Waals surface area contributed by atoms with Crippen molar-refractivity contribution < 1.29 is 28.6 Å². The van der Waals surface area contributed by atoms with Crippen LogP contribution in [0, 0.1) is 0 Å². The highest BCUT2D eigenvalue weighted by Gasteiger charge is 2.30. The smallest absolute Gasteiger partial charge is 0.344 e. The SMILES string of the molecule is CCOC(=O)C1=C(COC(=O)COc2ccc3ccccc3c2)NC(=O)N[C@@H]1C. The number of carbonyl (C=O) groups excluding carboxylic acids is 3. The second kappa shape index (κ2) is 9.09. The van der Waals surface area contributed by atoms with Gasteiger partial charge in [-0.2, -0.15) is 0 Å². The molecule has 0 aliphatic carbocycles. The zero-order chi connectivity index (χ0) is 20.8. The van der Waals surface area contributed by atoms with Gasteiger partial charge in [-0.3, -0.25) is 0 Å². The number of urea groups is 1. The second-order valence-electron chi connectivity index (χ2n) is 6.39. The van der Waals surface area contributed by atoms with Gasteiger partial charge in [0.2, 0.25) is 0 Å². The molecule has 0 saturated heterocycles. The van der Waals surface area contributed by atoms with E-state index in [0.717, 1.165) is 10.8 Å². The maximum Gasteiger partial charge on any atom is 0.344 e. The number of nitrogens with one attached hydrogen (secondary N) is 2. The van der Waals surface area contributed by atoms with E-state index >= 15 is 0 Å². The molecule has 152 valence electrons. The minimum absolute atomic E-state index is 0.190. The van der Waals surface area contributed by atoms with E-state index < -0.39 is 24.0 Å². The molecule has 2 aromatic carbocycles. The summed E-state index contributed by atoms with van der Waals surface area (Å²) in [6.07, 6.45) is 0. The summed E-state index contributed by atoms with van der Waals surface area (Å²) in [5.74, 6) is -0.670. The van der Waals surface area contributed by atoms with Crippen LogP contribution in [0.25, 0.3) is 10.8 Å². The van der Waals surface area contributed by atoms with Crippen molar-refractivity contribution in [1.82, 2.24) is 10.6 Å². The van der Waals surface area contributed by atoms with Crippen molar-refractivity contribution in [2.24, 2.45) is 0 Å². The molecule has 1 aliphatic heterocycles. The molecule has 0 radical (unpaired) electrons. The van der Waals surface area contributed by atoms with Gasteiger partial charge in [0.05, 0.1) is 23.9 Å². The number of fused-ring (bicyclic) bond motifs is 1. The summed E-state index contributed by atoms with van der Waals surface area (Å²) >= 11 is 0. The Morgan fingerprint density at radius 2 is 1.83 bits per heavy atom. The van der Waals surface area contributed by atoms with E-state index in [1.807, 2.05) is 36.4 Å². The Labute approximate surface area is 167 Å². The Balaban J connectivity index is 1.61. The van der Waals surface area contributed by atoms with Gasteiger partial charge in [0.15, 0.2) is 6.61 Å². The molecule has 1 atom stereocenters. The number of rotatable bonds is 7. The van der Waals surface area contributed by atoms with Crippen molar-refractivity contribution in [1.29, 1.82) is 0 Å². The molecule has 3 rings (SSSR count). The van der Waals surface area contributed by atoms with E-state index in [2.05, 4.69) is 10.6 Å². The fourth-order valence-electron chi connectivity index (χ4n) is 2.99. The number of hydrogen-bond donors (Lipinski definition) is 2.